The van der Waals surface area contributed by atoms with Gasteiger partial charge in [0.1, 0.15) is 11.8 Å². The summed E-state index contributed by atoms with van der Waals surface area (Å²) in [6.07, 6.45) is 0.425. The van der Waals surface area contributed by atoms with Gasteiger partial charge < -0.3 is 9.64 Å². The number of likely N-dealkylation sites (tertiary alicyclic amines) is 1. The van der Waals surface area contributed by atoms with E-state index in [-0.39, 0.29) is 18.1 Å². The summed E-state index contributed by atoms with van der Waals surface area (Å²) >= 11 is 0. The zero-order valence-electron chi connectivity index (χ0n) is 17.1. The largest absolute Gasteiger partial charge is 0.416 e. The lowest BCUT2D eigenvalue weighted by Gasteiger charge is -2.43. The molecule has 164 valence electrons. The quantitative estimate of drug-likeness (QED) is 0.719. The highest BCUT2D eigenvalue weighted by Crippen LogP contribution is 2.43. The molecule has 2 saturated heterocycles. The Morgan fingerprint density at radius 1 is 1.07 bits per heavy atom. The van der Waals surface area contributed by atoms with Gasteiger partial charge >= 0.3 is 6.18 Å². The number of rotatable bonds is 2. The summed E-state index contributed by atoms with van der Waals surface area (Å²) in [6, 6.07) is 3.49. The van der Waals surface area contributed by atoms with Crippen LogP contribution in [0.1, 0.15) is 61.4 Å². The van der Waals surface area contributed by atoms with Gasteiger partial charge in [-0.25, -0.2) is 0 Å². The molecular formula is C22H27F3N2O3. The molecule has 1 saturated carbocycles. The number of benzene rings is 1. The minimum Gasteiger partial charge on any atom is -0.353 e. The molecular weight excluding hydrogens is 397 g/mol. The average molecular weight is 424 g/mol. The highest BCUT2D eigenvalue weighted by Gasteiger charge is 2.54. The molecule has 1 atom stereocenters. The highest BCUT2D eigenvalue weighted by atomic mass is 19.4. The van der Waals surface area contributed by atoms with Crippen LogP contribution in [0.3, 0.4) is 0 Å². The number of amides is 2. The number of carbonyl (C=O) groups is 2. The van der Waals surface area contributed by atoms with Gasteiger partial charge in [-0.3, -0.25) is 14.5 Å². The number of hydrogen-bond donors (Lipinski definition) is 0. The first-order chi connectivity index (χ1) is 14.2. The van der Waals surface area contributed by atoms with E-state index < -0.39 is 29.4 Å². The van der Waals surface area contributed by atoms with Crippen molar-refractivity contribution in [3.8, 4) is 0 Å². The molecule has 0 aromatic heterocycles. The second-order valence-electron chi connectivity index (χ2n) is 8.74. The molecule has 0 radical (unpaired) electrons. The lowest BCUT2D eigenvalue weighted by atomic mass is 9.83. The molecule has 30 heavy (non-hydrogen) atoms. The molecule has 1 aliphatic carbocycles. The van der Waals surface area contributed by atoms with Gasteiger partial charge in [0.2, 0.25) is 5.91 Å². The molecule has 1 unspecified atom stereocenters. The Morgan fingerprint density at radius 2 is 1.67 bits per heavy atom. The smallest absolute Gasteiger partial charge is 0.353 e. The van der Waals surface area contributed by atoms with Crippen LogP contribution in [0.2, 0.25) is 0 Å². The molecule has 2 aliphatic heterocycles. The van der Waals surface area contributed by atoms with Gasteiger partial charge in [0, 0.05) is 18.7 Å². The monoisotopic (exact) mass is 424 g/mol. The summed E-state index contributed by atoms with van der Waals surface area (Å²) in [5.74, 6) is -0.0489. The molecule has 2 amide bonds. The van der Waals surface area contributed by atoms with Crippen molar-refractivity contribution >= 4 is 11.8 Å². The normalized spacial score (nSPS) is 29.6. The van der Waals surface area contributed by atoms with E-state index in [1.54, 1.807) is 9.80 Å². The van der Waals surface area contributed by atoms with Gasteiger partial charge in [-0.1, -0.05) is 6.92 Å². The number of hydrogen-bond acceptors (Lipinski definition) is 3. The first-order valence-electron chi connectivity index (χ1n) is 10.6. The Balaban J connectivity index is 1.64. The maximum Gasteiger partial charge on any atom is 0.416 e. The van der Waals surface area contributed by atoms with Crippen molar-refractivity contribution in [3.05, 3.63) is 35.4 Å². The number of ether oxygens (including phenoxy) is 1. The topological polar surface area (TPSA) is 49.9 Å². The van der Waals surface area contributed by atoms with Crippen molar-refractivity contribution in [2.45, 2.75) is 63.4 Å². The maximum absolute atomic E-state index is 13.5. The Hall–Kier alpha value is -2.09. The third kappa shape index (κ3) is 3.82. The van der Waals surface area contributed by atoms with E-state index in [2.05, 4.69) is 6.92 Å². The van der Waals surface area contributed by atoms with Crippen LogP contribution in [0.4, 0.5) is 13.2 Å². The van der Waals surface area contributed by atoms with Crippen molar-refractivity contribution in [3.63, 3.8) is 0 Å². The molecule has 5 nitrogen and oxygen atoms in total. The summed E-state index contributed by atoms with van der Waals surface area (Å²) in [6.45, 7) is 3.62. The van der Waals surface area contributed by atoms with E-state index in [4.69, 9.17) is 4.74 Å². The third-order valence-electron chi connectivity index (χ3n) is 6.70. The lowest BCUT2D eigenvalue weighted by molar-refractivity contribution is -0.137. The second kappa shape index (κ2) is 7.87. The number of halogens is 3. The van der Waals surface area contributed by atoms with E-state index in [0.717, 1.165) is 37.8 Å². The fraction of sp³-hybridized carbons (Fsp3) is 0.636. The zero-order chi connectivity index (χ0) is 21.5. The number of carbonyl (C=O) groups excluding carboxylic acids is 2. The minimum atomic E-state index is -4.46. The van der Waals surface area contributed by atoms with Crippen LogP contribution >= 0.6 is 0 Å². The van der Waals surface area contributed by atoms with E-state index in [0.29, 0.717) is 31.8 Å². The fourth-order valence-corrected chi connectivity index (χ4v) is 4.86. The summed E-state index contributed by atoms with van der Waals surface area (Å²) in [4.78, 5) is 30.0. The van der Waals surface area contributed by atoms with E-state index in [1.807, 2.05) is 0 Å². The van der Waals surface area contributed by atoms with Gasteiger partial charge in [-0.2, -0.15) is 13.2 Å². The predicted molar refractivity (Wildman–Crippen MR) is 104 cm³/mol. The van der Waals surface area contributed by atoms with Crippen molar-refractivity contribution in [1.29, 1.82) is 0 Å². The highest BCUT2D eigenvalue weighted by molar-refractivity contribution is 5.98. The SMILES string of the molecule is CC1CCC2(CC1)OCC(C(=O)N1CCCC1)N2C(=O)c1ccc(C(F)(F)F)cc1. The Kier molecular flexibility index (Phi) is 5.55. The summed E-state index contributed by atoms with van der Waals surface area (Å²) in [5.41, 5.74) is -1.51. The molecule has 1 spiro atoms. The standard InChI is InChI=1S/C22H27F3N2O3/c1-15-8-10-21(11-9-15)27(18(14-30-21)20(29)26-12-2-3-13-26)19(28)16-4-6-17(7-5-16)22(23,24)25/h4-7,15,18H,2-3,8-14H2,1H3. The average Bonchev–Trinajstić information content (AvgIpc) is 3.38. The molecule has 1 aromatic carbocycles. The molecule has 0 N–H and O–H groups in total. The van der Waals surface area contributed by atoms with Gasteiger partial charge in [-0.15, -0.1) is 0 Å². The predicted octanol–water partition coefficient (Wildman–Crippen LogP) is 4.08. The van der Waals surface area contributed by atoms with Crippen molar-refractivity contribution in [2.24, 2.45) is 5.92 Å². The van der Waals surface area contributed by atoms with Gasteiger partial charge in [0.05, 0.1) is 12.2 Å². The van der Waals surface area contributed by atoms with Crippen LogP contribution in [0.15, 0.2) is 24.3 Å². The Morgan fingerprint density at radius 3 is 2.23 bits per heavy atom. The molecule has 3 fully saturated rings. The molecule has 2 heterocycles. The van der Waals surface area contributed by atoms with Gasteiger partial charge in [0.15, 0.2) is 0 Å². The summed E-state index contributed by atoms with van der Waals surface area (Å²) < 4.78 is 44.9. The first-order valence-corrected chi connectivity index (χ1v) is 10.6. The molecule has 4 rings (SSSR count). The zero-order valence-corrected chi connectivity index (χ0v) is 17.1. The van der Waals surface area contributed by atoms with E-state index >= 15 is 0 Å². The summed E-state index contributed by atoms with van der Waals surface area (Å²) in [7, 11) is 0. The second-order valence-corrected chi connectivity index (χ2v) is 8.74. The molecule has 1 aromatic rings. The van der Waals surface area contributed by atoms with Gasteiger partial charge in [-0.05, 0) is 68.7 Å². The van der Waals surface area contributed by atoms with Crippen LogP contribution in [-0.2, 0) is 15.7 Å². The van der Waals surface area contributed by atoms with Crippen molar-refractivity contribution < 1.29 is 27.5 Å². The Labute approximate surface area is 174 Å². The van der Waals surface area contributed by atoms with Crippen LogP contribution in [0, 0.1) is 5.92 Å². The van der Waals surface area contributed by atoms with Crippen LogP contribution < -0.4 is 0 Å². The van der Waals surface area contributed by atoms with Crippen LogP contribution in [-0.4, -0.2) is 53.1 Å². The van der Waals surface area contributed by atoms with Crippen molar-refractivity contribution in [1.82, 2.24) is 9.80 Å². The first kappa shape index (κ1) is 21.2. The van der Waals surface area contributed by atoms with Crippen molar-refractivity contribution in [2.75, 3.05) is 19.7 Å². The maximum atomic E-state index is 13.5. The summed E-state index contributed by atoms with van der Waals surface area (Å²) in [5, 5.41) is 0. The van der Waals surface area contributed by atoms with Crippen LogP contribution in [0.5, 0.6) is 0 Å². The molecule has 3 aliphatic rings. The van der Waals surface area contributed by atoms with Crippen LogP contribution in [0.25, 0.3) is 0 Å². The molecule has 8 heteroatoms. The van der Waals surface area contributed by atoms with E-state index in [1.165, 1.54) is 12.1 Å². The number of alkyl halides is 3. The lowest BCUT2D eigenvalue weighted by Crippen LogP contribution is -2.57. The minimum absolute atomic E-state index is 0.122. The fourth-order valence-electron chi connectivity index (χ4n) is 4.86. The molecule has 0 bridgehead atoms. The van der Waals surface area contributed by atoms with Gasteiger partial charge in [0.25, 0.3) is 5.91 Å². The third-order valence-corrected chi connectivity index (χ3v) is 6.70. The van der Waals surface area contributed by atoms with E-state index in [9.17, 15) is 22.8 Å². The Bertz CT molecular complexity index is 795. The number of nitrogens with zero attached hydrogens (tertiary/aromatic N) is 2.